The summed E-state index contributed by atoms with van der Waals surface area (Å²) >= 11 is 12.8. The van der Waals surface area contributed by atoms with E-state index in [1.54, 1.807) is 69.3 Å². The van der Waals surface area contributed by atoms with Crippen LogP contribution in [0.2, 0.25) is 10.0 Å². The van der Waals surface area contributed by atoms with Crippen molar-refractivity contribution in [2.75, 3.05) is 10.8 Å². The van der Waals surface area contributed by atoms with Gasteiger partial charge in [-0.15, -0.1) is 0 Å². The fourth-order valence-corrected chi connectivity index (χ4v) is 5.94. The smallest absolute Gasteiger partial charge is 0.264 e. The zero-order valence-corrected chi connectivity index (χ0v) is 24.1. The Bertz CT molecular complexity index is 1380. The van der Waals surface area contributed by atoms with E-state index < -0.39 is 40.2 Å². The Kier molecular flexibility index (Phi) is 10.4. The van der Waals surface area contributed by atoms with Gasteiger partial charge in [0, 0.05) is 28.2 Å². The summed E-state index contributed by atoms with van der Waals surface area (Å²) in [6, 6.07) is 16.2. The molecule has 0 unspecified atom stereocenters. The molecule has 0 aliphatic heterocycles. The summed E-state index contributed by atoms with van der Waals surface area (Å²) in [6.07, 6.45) is 0.252. The average molecular weight is 595 g/mol. The SMILES string of the molecule is CC[C@H](C(=O)NC(C)C)N(Cc1c(Cl)cccc1Cl)C(=O)CN(c1ccccc1)S(=O)(=O)c1ccc(F)cc1. The number of para-hydroxylation sites is 1. The summed E-state index contributed by atoms with van der Waals surface area (Å²) in [7, 11) is -4.29. The number of anilines is 1. The largest absolute Gasteiger partial charge is 0.352 e. The highest BCUT2D eigenvalue weighted by molar-refractivity contribution is 7.92. The number of nitrogens with one attached hydrogen (secondary N) is 1. The van der Waals surface area contributed by atoms with E-state index in [0.717, 1.165) is 28.6 Å². The van der Waals surface area contributed by atoms with Crippen LogP contribution in [0, 0.1) is 5.82 Å². The molecule has 3 aromatic carbocycles. The molecule has 0 aliphatic carbocycles. The second-order valence-electron chi connectivity index (χ2n) is 9.11. The molecule has 7 nitrogen and oxygen atoms in total. The van der Waals surface area contributed by atoms with E-state index in [-0.39, 0.29) is 29.6 Å². The molecule has 0 aliphatic rings. The number of carbonyl (C=O) groups excluding carboxylic acids is 2. The third kappa shape index (κ3) is 7.50. The van der Waals surface area contributed by atoms with Crippen molar-refractivity contribution >= 4 is 50.7 Å². The van der Waals surface area contributed by atoms with Crippen molar-refractivity contribution in [1.82, 2.24) is 10.2 Å². The van der Waals surface area contributed by atoms with Crippen LogP contribution in [0.3, 0.4) is 0 Å². The summed E-state index contributed by atoms with van der Waals surface area (Å²) in [6.45, 7) is 4.60. The average Bonchev–Trinajstić information content (AvgIpc) is 2.89. The van der Waals surface area contributed by atoms with Gasteiger partial charge in [-0.05, 0) is 68.8 Å². The predicted octanol–water partition coefficient (Wildman–Crippen LogP) is 5.66. The van der Waals surface area contributed by atoms with Crippen LogP contribution in [0.25, 0.3) is 0 Å². The quantitative estimate of drug-likeness (QED) is 0.311. The van der Waals surface area contributed by atoms with Gasteiger partial charge in [-0.1, -0.05) is 54.4 Å². The molecule has 0 fully saturated rings. The first-order chi connectivity index (χ1) is 18.4. The van der Waals surface area contributed by atoms with Gasteiger partial charge in [0.2, 0.25) is 11.8 Å². The highest BCUT2D eigenvalue weighted by Gasteiger charge is 2.34. The van der Waals surface area contributed by atoms with Crippen LogP contribution >= 0.6 is 23.2 Å². The van der Waals surface area contributed by atoms with Gasteiger partial charge in [0.1, 0.15) is 18.4 Å². The lowest BCUT2D eigenvalue weighted by Gasteiger charge is -2.34. The van der Waals surface area contributed by atoms with Crippen LogP contribution in [-0.2, 0) is 26.2 Å². The molecule has 39 heavy (non-hydrogen) atoms. The van der Waals surface area contributed by atoms with E-state index in [1.165, 1.54) is 4.90 Å². The van der Waals surface area contributed by atoms with Crippen molar-refractivity contribution in [2.24, 2.45) is 0 Å². The molecular formula is C28H30Cl2FN3O4S. The molecule has 1 N–H and O–H groups in total. The molecule has 11 heteroatoms. The number of rotatable bonds is 11. The van der Waals surface area contributed by atoms with Crippen molar-refractivity contribution in [3.05, 3.63) is 94.2 Å². The number of sulfonamides is 1. The third-order valence-electron chi connectivity index (χ3n) is 5.93. The maximum Gasteiger partial charge on any atom is 0.264 e. The Morgan fingerprint density at radius 3 is 2.05 bits per heavy atom. The van der Waals surface area contributed by atoms with Crippen LogP contribution in [0.4, 0.5) is 10.1 Å². The zero-order chi connectivity index (χ0) is 28.7. The summed E-state index contributed by atoms with van der Waals surface area (Å²) in [5.41, 5.74) is 0.656. The number of halogens is 3. The van der Waals surface area contributed by atoms with E-state index in [0.29, 0.717) is 15.6 Å². The van der Waals surface area contributed by atoms with E-state index in [4.69, 9.17) is 23.2 Å². The molecule has 3 rings (SSSR count). The van der Waals surface area contributed by atoms with Gasteiger partial charge in [0.15, 0.2) is 0 Å². The normalized spacial score (nSPS) is 12.2. The Morgan fingerprint density at radius 1 is 0.923 bits per heavy atom. The second-order valence-corrected chi connectivity index (χ2v) is 11.8. The lowest BCUT2D eigenvalue weighted by molar-refractivity contribution is -0.140. The summed E-state index contributed by atoms with van der Waals surface area (Å²) in [5, 5.41) is 3.43. The maximum atomic E-state index is 14.0. The van der Waals surface area contributed by atoms with Crippen molar-refractivity contribution in [1.29, 1.82) is 0 Å². The minimum Gasteiger partial charge on any atom is -0.352 e. The molecule has 0 saturated heterocycles. The van der Waals surface area contributed by atoms with E-state index in [1.807, 2.05) is 0 Å². The molecule has 0 spiro atoms. The van der Waals surface area contributed by atoms with Gasteiger partial charge >= 0.3 is 0 Å². The highest BCUT2D eigenvalue weighted by atomic mass is 35.5. The minimum absolute atomic E-state index is 0.124. The van der Waals surface area contributed by atoms with Gasteiger partial charge < -0.3 is 10.2 Å². The Hall–Kier alpha value is -3.14. The van der Waals surface area contributed by atoms with Crippen molar-refractivity contribution in [2.45, 2.75) is 50.7 Å². The van der Waals surface area contributed by atoms with Crippen LogP contribution in [0.1, 0.15) is 32.8 Å². The van der Waals surface area contributed by atoms with Gasteiger partial charge in [0.05, 0.1) is 10.6 Å². The predicted molar refractivity (Wildman–Crippen MR) is 152 cm³/mol. The Morgan fingerprint density at radius 2 is 1.51 bits per heavy atom. The molecule has 0 saturated carbocycles. The fourth-order valence-electron chi connectivity index (χ4n) is 4.01. The Labute approximate surface area is 238 Å². The highest BCUT2D eigenvalue weighted by Crippen LogP contribution is 2.28. The van der Waals surface area contributed by atoms with E-state index in [9.17, 15) is 22.4 Å². The van der Waals surface area contributed by atoms with E-state index in [2.05, 4.69) is 5.32 Å². The van der Waals surface area contributed by atoms with Gasteiger partial charge in [-0.2, -0.15) is 0 Å². The number of amides is 2. The second kappa shape index (κ2) is 13.3. The molecule has 0 aromatic heterocycles. The summed E-state index contributed by atoms with van der Waals surface area (Å²) in [4.78, 5) is 28.2. The topological polar surface area (TPSA) is 86.8 Å². The summed E-state index contributed by atoms with van der Waals surface area (Å²) < 4.78 is 41.9. The third-order valence-corrected chi connectivity index (χ3v) is 8.43. The number of hydrogen-bond acceptors (Lipinski definition) is 4. The lowest BCUT2D eigenvalue weighted by atomic mass is 10.1. The lowest BCUT2D eigenvalue weighted by Crippen LogP contribution is -2.53. The molecule has 0 bridgehead atoms. The molecule has 208 valence electrons. The first-order valence-electron chi connectivity index (χ1n) is 12.3. The Balaban J connectivity index is 2.08. The number of nitrogens with zero attached hydrogens (tertiary/aromatic N) is 2. The monoisotopic (exact) mass is 593 g/mol. The first-order valence-corrected chi connectivity index (χ1v) is 14.5. The van der Waals surface area contributed by atoms with Crippen LogP contribution in [0.15, 0.2) is 77.7 Å². The number of hydrogen-bond donors (Lipinski definition) is 1. The fraction of sp³-hybridized carbons (Fsp3) is 0.286. The standard InChI is InChI=1S/C28H30Cl2FN3O4S/c1-4-26(28(36)32-19(2)3)33(17-23-24(29)11-8-12-25(23)30)27(35)18-34(21-9-6-5-7-10-21)39(37,38)22-15-13-20(31)14-16-22/h5-16,19,26H,4,17-18H2,1-3H3,(H,32,36)/t26-/m1/s1. The number of benzene rings is 3. The van der Waals surface area contributed by atoms with Gasteiger partial charge in [-0.3, -0.25) is 13.9 Å². The first kappa shape index (κ1) is 30.4. The molecule has 0 radical (unpaired) electrons. The zero-order valence-electron chi connectivity index (χ0n) is 21.8. The van der Waals surface area contributed by atoms with Crippen molar-refractivity contribution in [3.8, 4) is 0 Å². The van der Waals surface area contributed by atoms with Gasteiger partial charge in [0.25, 0.3) is 10.0 Å². The van der Waals surface area contributed by atoms with Crippen LogP contribution < -0.4 is 9.62 Å². The molecule has 0 heterocycles. The van der Waals surface area contributed by atoms with Crippen LogP contribution in [0.5, 0.6) is 0 Å². The summed E-state index contributed by atoms with van der Waals surface area (Å²) in [5.74, 6) is -1.64. The van der Waals surface area contributed by atoms with Gasteiger partial charge in [-0.25, -0.2) is 12.8 Å². The molecule has 3 aromatic rings. The molecular weight excluding hydrogens is 564 g/mol. The van der Waals surface area contributed by atoms with Crippen LogP contribution in [-0.4, -0.2) is 43.8 Å². The molecule has 2 amide bonds. The van der Waals surface area contributed by atoms with E-state index >= 15 is 0 Å². The maximum absolute atomic E-state index is 14.0. The minimum atomic E-state index is -4.29. The van der Waals surface area contributed by atoms with Crippen molar-refractivity contribution < 1.29 is 22.4 Å². The van der Waals surface area contributed by atoms with Crippen molar-refractivity contribution in [3.63, 3.8) is 0 Å². The molecule has 1 atom stereocenters. The number of carbonyl (C=O) groups is 2.